The molecule has 1 saturated heterocycles. The Bertz CT molecular complexity index is 599. The number of hydrazine groups is 1. The topological polar surface area (TPSA) is 120 Å². The Labute approximate surface area is 213 Å². The molecular weight excluding hydrogens is 452 g/mol. The van der Waals surface area contributed by atoms with E-state index in [1.807, 2.05) is 13.8 Å². The lowest BCUT2D eigenvalue weighted by Crippen LogP contribution is -2.53. The molecule has 4 amide bonds. The largest absolute Gasteiger partial charge is 0.364 e. The molecule has 1 atom stereocenters. The molecule has 0 aromatic rings. The number of nitrogens with zero attached hydrogens (tertiary/aromatic N) is 5. The van der Waals surface area contributed by atoms with Crippen LogP contribution in [0.2, 0.25) is 0 Å². The van der Waals surface area contributed by atoms with Crippen molar-refractivity contribution < 1.29 is 23.9 Å². The highest BCUT2D eigenvalue weighted by atomic mass is 16.5. The van der Waals surface area contributed by atoms with Crippen LogP contribution in [0, 0.1) is 0 Å². The van der Waals surface area contributed by atoms with E-state index in [1.165, 1.54) is 62.2 Å². The summed E-state index contributed by atoms with van der Waals surface area (Å²) in [4.78, 5) is 54.2. The molecule has 11 nitrogen and oxygen atoms in total. The molecule has 0 saturated carbocycles. The number of methoxy groups -OCH3 is 1. The van der Waals surface area contributed by atoms with Gasteiger partial charge in [0, 0.05) is 28.3 Å². The van der Waals surface area contributed by atoms with E-state index < -0.39 is 18.0 Å². The van der Waals surface area contributed by atoms with Crippen LogP contribution in [0.25, 0.3) is 0 Å². The molecule has 1 unspecified atom stereocenters. The van der Waals surface area contributed by atoms with E-state index in [0.717, 1.165) is 5.01 Å². The Morgan fingerprint density at radius 1 is 0.714 bits per heavy atom. The number of nitrogens with two attached hydrogens (primary N) is 1. The lowest BCUT2D eigenvalue weighted by atomic mass is 10.4. The van der Waals surface area contributed by atoms with E-state index in [0.29, 0.717) is 0 Å². The van der Waals surface area contributed by atoms with Gasteiger partial charge in [0.1, 0.15) is 12.8 Å². The van der Waals surface area contributed by atoms with Gasteiger partial charge in [0.25, 0.3) is 5.91 Å². The van der Waals surface area contributed by atoms with Gasteiger partial charge in [-0.3, -0.25) is 29.1 Å². The zero-order chi connectivity index (χ0) is 28.1. The van der Waals surface area contributed by atoms with Crippen LogP contribution in [0.15, 0.2) is 0 Å². The Morgan fingerprint density at radius 2 is 1.03 bits per heavy atom. The SMILES string of the molecule is CC.CCC.CCCC.COC1CN(N)C(=O)CN(C)C(=O)CN(C)C(=O)CN(C)C(=O)CN1C. The highest BCUT2D eigenvalue weighted by molar-refractivity contribution is 5.90. The predicted octanol–water partition coefficient (Wildman–Crippen LogP) is 1.23. The van der Waals surface area contributed by atoms with Crippen molar-refractivity contribution in [1.29, 1.82) is 0 Å². The first-order valence-corrected chi connectivity index (χ1v) is 12.4. The lowest BCUT2D eigenvalue weighted by Gasteiger charge is -2.31. The summed E-state index contributed by atoms with van der Waals surface area (Å²) in [6, 6.07) is 0. The molecule has 2 N–H and O–H groups in total. The summed E-state index contributed by atoms with van der Waals surface area (Å²) in [5.74, 6) is 4.21. The molecule has 35 heavy (non-hydrogen) atoms. The van der Waals surface area contributed by atoms with Gasteiger partial charge in [-0.05, 0) is 7.05 Å². The van der Waals surface area contributed by atoms with Gasteiger partial charge in [-0.1, -0.05) is 60.8 Å². The molecule has 1 aliphatic heterocycles. The fraction of sp³-hybridized carbons (Fsp3) is 0.833. The van der Waals surface area contributed by atoms with Crippen LogP contribution in [0.1, 0.15) is 60.8 Å². The van der Waals surface area contributed by atoms with E-state index in [1.54, 1.807) is 11.9 Å². The molecule has 1 fully saturated rings. The number of amides is 4. The van der Waals surface area contributed by atoms with E-state index in [4.69, 9.17) is 10.6 Å². The number of hydrogen-bond donors (Lipinski definition) is 1. The molecule has 0 bridgehead atoms. The van der Waals surface area contributed by atoms with Crippen LogP contribution >= 0.6 is 0 Å². The van der Waals surface area contributed by atoms with Crippen molar-refractivity contribution >= 4 is 23.6 Å². The van der Waals surface area contributed by atoms with Gasteiger partial charge < -0.3 is 19.4 Å². The minimum atomic E-state index is -0.620. The first kappa shape index (κ1) is 37.3. The van der Waals surface area contributed by atoms with Crippen LogP contribution in [0.3, 0.4) is 0 Å². The van der Waals surface area contributed by atoms with Crippen molar-refractivity contribution in [1.82, 2.24) is 24.6 Å². The van der Waals surface area contributed by atoms with Gasteiger partial charge in [-0.2, -0.15) is 0 Å². The third-order valence-corrected chi connectivity index (χ3v) is 4.72. The van der Waals surface area contributed by atoms with Gasteiger partial charge in [0.2, 0.25) is 17.7 Å². The van der Waals surface area contributed by atoms with Crippen molar-refractivity contribution in [2.75, 3.05) is 68.0 Å². The van der Waals surface area contributed by atoms with Crippen molar-refractivity contribution in [3.8, 4) is 0 Å². The van der Waals surface area contributed by atoms with E-state index >= 15 is 0 Å². The average molecular weight is 505 g/mol. The molecule has 1 heterocycles. The van der Waals surface area contributed by atoms with Gasteiger partial charge in [-0.25, -0.2) is 5.84 Å². The maximum absolute atomic E-state index is 12.3. The van der Waals surface area contributed by atoms with Gasteiger partial charge in [0.05, 0.1) is 26.2 Å². The standard InChI is InChI=1S/C15H28N6O5.C4H10.C3H8.C2H6/c1-17-7-12(23)19(3)9-14(25)21(16)10-15(26-5)20(4)8-13(24)18(2)6-11(17)22;1-3-4-2;1-3-2;1-2/h15H,6-10,16H2,1-5H3;3-4H2,1-2H3;3H2,1-2H3;1-2H3. The second kappa shape index (κ2) is 22.2. The highest BCUT2D eigenvalue weighted by Crippen LogP contribution is 2.03. The highest BCUT2D eigenvalue weighted by Gasteiger charge is 2.26. The smallest absolute Gasteiger partial charge is 0.256 e. The number of ether oxygens (including phenoxy) is 1. The number of hydrogen-bond acceptors (Lipinski definition) is 7. The zero-order valence-corrected chi connectivity index (χ0v) is 24.1. The molecule has 0 aliphatic carbocycles. The van der Waals surface area contributed by atoms with Crippen molar-refractivity contribution in [3.63, 3.8) is 0 Å². The summed E-state index contributed by atoms with van der Waals surface area (Å²) < 4.78 is 5.30. The summed E-state index contributed by atoms with van der Waals surface area (Å²) >= 11 is 0. The third-order valence-electron chi connectivity index (χ3n) is 4.72. The van der Waals surface area contributed by atoms with E-state index in [-0.39, 0.29) is 44.5 Å². The predicted molar refractivity (Wildman–Crippen MR) is 140 cm³/mol. The summed E-state index contributed by atoms with van der Waals surface area (Å²) in [6.07, 6.45) is 3.27. The summed E-state index contributed by atoms with van der Waals surface area (Å²) in [5, 5.41) is 0.956. The Morgan fingerprint density at radius 3 is 1.34 bits per heavy atom. The number of carbonyl (C=O) groups excluding carboxylic acids is 4. The van der Waals surface area contributed by atoms with Crippen molar-refractivity contribution in [2.24, 2.45) is 5.84 Å². The zero-order valence-electron chi connectivity index (χ0n) is 24.1. The molecule has 0 radical (unpaired) electrons. The van der Waals surface area contributed by atoms with Crippen LogP contribution in [-0.4, -0.2) is 122 Å². The molecular formula is C24H52N6O5. The minimum absolute atomic E-state index is 0.0176. The average Bonchev–Trinajstić information content (AvgIpc) is 2.83. The summed E-state index contributed by atoms with van der Waals surface area (Å²) in [6.45, 7) is 12.0. The summed E-state index contributed by atoms with van der Waals surface area (Å²) in [7, 11) is 7.53. The van der Waals surface area contributed by atoms with Gasteiger partial charge >= 0.3 is 0 Å². The Balaban J connectivity index is -0.000000985. The fourth-order valence-corrected chi connectivity index (χ4v) is 2.31. The Hall–Kier alpha value is -2.24. The monoisotopic (exact) mass is 504 g/mol. The quantitative estimate of drug-likeness (QED) is 0.444. The second-order valence-electron chi connectivity index (χ2n) is 8.11. The van der Waals surface area contributed by atoms with Crippen LogP contribution in [0.5, 0.6) is 0 Å². The molecule has 1 aliphatic rings. The number of carbonyl (C=O) groups is 4. The number of unbranched alkanes of at least 4 members (excludes halogenated alkanes) is 1. The van der Waals surface area contributed by atoms with Crippen molar-refractivity contribution in [3.05, 3.63) is 0 Å². The van der Waals surface area contributed by atoms with E-state index in [9.17, 15) is 19.2 Å². The maximum atomic E-state index is 12.3. The lowest BCUT2D eigenvalue weighted by molar-refractivity contribution is -0.144. The van der Waals surface area contributed by atoms with Crippen LogP contribution in [-0.2, 0) is 23.9 Å². The molecule has 0 spiro atoms. The molecule has 1 rings (SSSR count). The van der Waals surface area contributed by atoms with Gasteiger partial charge in [-0.15, -0.1) is 0 Å². The minimum Gasteiger partial charge on any atom is -0.364 e. The van der Waals surface area contributed by atoms with Crippen molar-refractivity contribution in [2.45, 2.75) is 67.0 Å². The first-order chi connectivity index (χ1) is 16.4. The molecule has 11 heteroatoms. The normalized spacial score (nSPS) is 18.9. The van der Waals surface area contributed by atoms with E-state index in [2.05, 4.69) is 27.7 Å². The number of likely N-dealkylation sites (N-methyl/N-ethyl adjacent to an activating group) is 4. The molecule has 0 aromatic heterocycles. The number of rotatable bonds is 2. The summed E-state index contributed by atoms with van der Waals surface area (Å²) in [5.41, 5.74) is 0. The molecule has 0 aromatic carbocycles. The van der Waals surface area contributed by atoms with Gasteiger partial charge in [0.15, 0.2) is 0 Å². The molecule has 208 valence electrons. The van der Waals surface area contributed by atoms with Crippen LogP contribution in [0.4, 0.5) is 0 Å². The Kier molecular flexibility index (Phi) is 23.7. The first-order valence-electron chi connectivity index (χ1n) is 12.4. The third kappa shape index (κ3) is 16.9. The second-order valence-corrected chi connectivity index (χ2v) is 8.11. The maximum Gasteiger partial charge on any atom is 0.256 e. The van der Waals surface area contributed by atoms with Crippen LogP contribution < -0.4 is 5.84 Å². The fourth-order valence-electron chi connectivity index (χ4n) is 2.31.